The van der Waals surface area contributed by atoms with Crippen LogP contribution < -0.4 is 14.5 Å². The Hall–Kier alpha value is -3.72. The minimum Gasteiger partial charge on any atom is -0.473 e. The van der Waals surface area contributed by atoms with E-state index in [0.29, 0.717) is 0 Å². The molecule has 180 valence electrons. The van der Waals surface area contributed by atoms with Crippen molar-refractivity contribution in [1.82, 2.24) is 0 Å². The minimum atomic E-state index is -0.664. The first-order valence-corrected chi connectivity index (χ1v) is 13.4. The fourth-order valence-corrected chi connectivity index (χ4v) is 6.21. The number of benzene rings is 4. The van der Waals surface area contributed by atoms with Crippen LogP contribution in [0.15, 0.2) is 91.0 Å². The van der Waals surface area contributed by atoms with Crippen molar-refractivity contribution in [3.05, 3.63) is 108 Å². The largest absolute Gasteiger partial charge is 0.473 e. The van der Waals surface area contributed by atoms with Crippen LogP contribution in [0.25, 0.3) is 16.8 Å². The highest BCUT2D eigenvalue weighted by molar-refractivity contribution is 5.94. The number of anilines is 2. The third-order valence-corrected chi connectivity index (χ3v) is 8.22. The first-order chi connectivity index (χ1) is 17.8. The Kier molecular flexibility index (Phi) is 5.23. The summed E-state index contributed by atoms with van der Waals surface area (Å²) in [5.74, 6) is 0.934. The standard InChI is InChI=1S/C33H32N2O/c1-2-8-30-25(7-1)9-18-32-31(30)19-20-33(36-32,26-10-14-28(15-11-26)34-21-3-4-22-34)27-12-16-29(17-13-27)35-23-5-6-24-35/h1-2,7-20H,3-6,21-24H2. The molecule has 0 aliphatic carbocycles. The lowest BCUT2D eigenvalue weighted by Crippen LogP contribution is -2.34. The van der Waals surface area contributed by atoms with Gasteiger partial charge in [0.1, 0.15) is 5.75 Å². The molecule has 0 bridgehead atoms. The van der Waals surface area contributed by atoms with E-state index in [-0.39, 0.29) is 0 Å². The molecule has 2 fully saturated rings. The summed E-state index contributed by atoms with van der Waals surface area (Å²) in [6.07, 6.45) is 9.66. The van der Waals surface area contributed by atoms with Crippen molar-refractivity contribution in [3.8, 4) is 5.75 Å². The lowest BCUT2D eigenvalue weighted by molar-refractivity contribution is 0.161. The highest BCUT2D eigenvalue weighted by Crippen LogP contribution is 2.45. The molecule has 3 heterocycles. The number of hydrogen-bond donors (Lipinski definition) is 0. The van der Waals surface area contributed by atoms with E-state index < -0.39 is 5.60 Å². The first kappa shape index (κ1) is 21.6. The maximum atomic E-state index is 7.02. The van der Waals surface area contributed by atoms with Crippen LogP contribution >= 0.6 is 0 Å². The molecule has 2 saturated heterocycles. The predicted molar refractivity (Wildman–Crippen MR) is 150 cm³/mol. The molecular weight excluding hydrogens is 440 g/mol. The molecule has 7 rings (SSSR count). The molecule has 3 aliphatic rings. The summed E-state index contributed by atoms with van der Waals surface area (Å²) < 4.78 is 7.02. The van der Waals surface area contributed by atoms with Crippen LogP contribution in [0.1, 0.15) is 42.4 Å². The third-order valence-electron chi connectivity index (χ3n) is 8.22. The van der Waals surface area contributed by atoms with Crippen LogP contribution in [0, 0.1) is 0 Å². The maximum absolute atomic E-state index is 7.02. The summed E-state index contributed by atoms with van der Waals surface area (Å²) in [6, 6.07) is 31.0. The maximum Gasteiger partial charge on any atom is 0.178 e. The molecule has 3 heteroatoms. The predicted octanol–water partition coefficient (Wildman–Crippen LogP) is 7.39. The second-order valence-corrected chi connectivity index (χ2v) is 10.4. The lowest BCUT2D eigenvalue weighted by Gasteiger charge is -2.37. The van der Waals surface area contributed by atoms with Crippen molar-refractivity contribution in [1.29, 1.82) is 0 Å². The minimum absolute atomic E-state index is 0.664. The van der Waals surface area contributed by atoms with Crippen LogP contribution in [0.2, 0.25) is 0 Å². The van der Waals surface area contributed by atoms with Gasteiger partial charge < -0.3 is 14.5 Å². The monoisotopic (exact) mass is 472 g/mol. The van der Waals surface area contributed by atoms with Gasteiger partial charge in [0.05, 0.1) is 0 Å². The van der Waals surface area contributed by atoms with E-state index in [2.05, 4.69) is 107 Å². The molecule has 36 heavy (non-hydrogen) atoms. The fraction of sp³-hybridized carbons (Fsp3) is 0.273. The second kappa shape index (κ2) is 8.74. The van der Waals surface area contributed by atoms with E-state index in [9.17, 15) is 0 Å². The molecule has 0 unspecified atom stereocenters. The zero-order valence-corrected chi connectivity index (χ0v) is 20.7. The SMILES string of the molecule is C1=CC(c2ccc(N3CCCC3)cc2)(c2ccc(N3CCCC3)cc2)Oc2ccc3ccccc3c21. The van der Waals surface area contributed by atoms with E-state index in [1.165, 1.54) is 47.8 Å². The summed E-state index contributed by atoms with van der Waals surface area (Å²) in [6.45, 7) is 4.61. The summed E-state index contributed by atoms with van der Waals surface area (Å²) in [5, 5.41) is 2.47. The number of nitrogens with zero attached hydrogens (tertiary/aromatic N) is 2. The molecule has 0 radical (unpaired) electrons. The van der Waals surface area contributed by atoms with E-state index in [1.807, 2.05) is 0 Å². The third kappa shape index (κ3) is 3.57. The molecule has 3 nitrogen and oxygen atoms in total. The Morgan fingerprint density at radius 2 is 1.14 bits per heavy atom. The Morgan fingerprint density at radius 1 is 0.583 bits per heavy atom. The Balaban J connectivity index is 1.32. The van der Waals surface area contributed by atoms with Gasteiger partial charge in [0.15, 0.2) is 5.60 Å². The van der Waals surface area contributed by atoms with Crippen molar-refractivity contribution >= 4 is 28.2 Å². The van der Waals surface area contributed by atoms with Crippen LogP contribution in [0.4, 0.5) is 11.4 Å². The average molecular weight is 473 g/mol. The van der Waals surface area contributed by atoms with Crippen LogP contribution in [0.3, 0.4) is 0 Å². The van der Waals surface area contributed by atoms with Crippen molar-refractivity contribution in [2.75, 3.05) is 36.0 Å². The number of hydrogen-bond acceptors (Lipinski definition) is 3. The highest BCUT2D eigenvalue weighted by atomic mass is 16.5. The molecular formula is C33H32N2O. The Morgan fingerprint density at radius 3 is 1.72 bits per heavy atom. The van der Waals surface area contributed by atoms with Gasteiger partial charge >= 0.3 is 0 Å². The van der Waals surface area contributed by atoms with E-state index in [4.69, 9.17) is 4.74 Å². The van der Waals surface area contributed by atoms with Gasteiger partial charge in [0.2, 0.25) is 0 Å². The molecule has 4 aromatic carbocycles. The zero-order chi connectivity index (χ0) is 24.0. The molecule has 3 aliphatic heterocycles. The van der Waals surface area contributed by atoms with E-state index in [0.717, 1.165) is 48.6 Å². The van der Waals surface area contributed by atoms with E-state index in [1.54, 1.807) is 0 Å². The molecule has 0 saturated carbocycles. The van der Waals surface area contributed by atoms with Crippen molar-refractivity contribution in [3.63, 3.8) is 0 Å². The Labute approximate surface area is 213 Å². The van der Waals surface area contributed by atoms with Gasteiger partial charge in [-0.1, -0.05) is 54.6 Å². The van der Waals surface area contributed by atoms with Gasteiger partial charge in [-0.2, -0.15) is 0 Å². The quantitative estimate of drug-likeness (QED) is 0.308. The molecule has 0 aromatic heterocycles. The smallest absolute Gasteiger partial charge is 0.178 e. The average Bonchev–Trinajstić information content (AvgIpc) is 3.68. The van der Waals surface area contributed by atoms with Gasteiger partial charge in [-0.25, -0.2) is 0 Å². The van der Waals surface area contributed by atoms with Crippen LogP contribution in [-0.4, -0.2) is 26.2 Å². The summed E-state index contributed by atoms with van der Waals surface area (Å²) >= 11 is 0. The first-order valence-electron chi connectivity index (χ1n) is 13.4. The molecule has 4 aromatic rings. The highest BCUT2D eigenvalue weighted by Gasteiger charge is 2.37. The Bertz CT molecular complexity index is 1350. The fourth-order valence-electron chi connectivity index (χ4n) is 6.21. The topological polar surface area (TPSA) is 15.7 Å². The zero-order valence-electron chi connectivity index (χ0n) is 20.7. The molecule has 0 N–H and O–H groups in total. The van der Waals surface area contributed by atoms with E-state index >= 15 is 0 Å². The summed E-state index contributed by atoms with van der Waals surface area (Å²) in [5.41, 5.74) is 5.43. The normalized spacial score (nSPS) is 18.4. The molecule has 0 amide bonds. The van der Waals surface area contributed by atoms with Crippen molar-refractivity contribution in [2.24, 2.45) is 0 Å². The molecule has 0 spiro atoms. The molecule has 0 atom stereocenters. The van der Waals surface area contributed by atoms with Crippen LogP contribution in [0.5, 0.6) is 5.75 Å². The summed E-state index contributed by atoms with van der Waals surface area (Å²) in [7, 11) is 0. The van der Waals surface area contributed by atoms with Gasteiger partial charge in [-0.05, 0) is 78.9 Å². The lowest BCUT2D eigenvalue weighted by atomic mass is 9.83. The van der Waals surface area contributed by atoms with Gasteiger partial charge in [-0.3, -0.25) is 0 Å². The second-order valence-electron chi connectivity index (χ2n) is 10.4. The summed E-state index contributed by atoms with van der Waals surface area (Å²) in [4.78, 5) is 4.97. The van der Waals surface area contributed by atoms with Crippen LogP contribution in [-0.2, 0) is 5.60 Å². The van der Waals surface area contributed by atoms with Crippen molar-refractivity contribution < 1.29 is 4.74 Å². The number of fused-ring (bicyclic) bond motifs is 3. The number of ether oxygens (including phenoxy) is 1. The van der Waals surface area contributed by atoms with Crippen molar-refractivity contribution in [2.45, 2.75) is 31.3 Å². The van der Waals surface area contributed by atoms with Gasteiger partial charge in [0, 0.05) is 54.2 Å². The number of rotatable bonds is 4. The van der Waals surface area contributed by atoms with Gasteiger partial charge in [-0.15, -0.1) is 0 Å². The van der Waals surface area contributed by atoms with Gasteiger partial charge in [0.25, 0.3) is 0 Å².